The molecule has 1 N–H and O–H groups in total. The van der Waals surface area contributed by atoms with E-state index in [1.54, 1.807) is 10.8 Å². The number of imidazole rings is 1. The summed E-state index contributed by atoms with van der Waals surface area (Å²) in [6.07, 6.45) is 3.72. The van der Waals surface area contributed by atoms with Gasteiger partial charge < -0.3 is 4.98 Å². The highest BCUT2D eigenvalue weighted by Crippen LogP contribution is 2.32. The maximum absolute atomic E-state index is 13.1. The van der Waals surface area contributed by atoms with Crippen LogP contribution in [0.3, 0.4) is 0 Å². The Morgan fingerprint density at radius 2 is 1.68 bits per heavy atom. The molecule has 3 aromatic heterocycles. The molecule has 0 aliphatic heterocycles. The van der Waals surface area contributed by atoms with E-state index in [9.17, 15) is 10.1 Å². The van der Waals surface area contributed by atoms with Crippen LogP contribution in [0.1, 0.15) is 18.0 Å². The molecule has 0 bridgehead atoms. The molecule has 162 valence electrons. The second kappa shape index (κ2) is 7.98. The van der Waals surface area contributed by atoms with Gasteiger partial charge in [-0.3, -0.25) is 14.5 Å². The van der Waals surface area contributed by atoms with Crippen LogP contribution in [-0.4, -0.2) is 19.5 Å². The van der Waals surface area contributed by atoms with E-state index in [2.05, 4.69) is 33.2 Å². The van der Waals surface area contributed by atoms with Crippen molar-refractivity contribution in [2.75, 3.05) is 0 Å². The number of nitrogens with zero attached hydrogens (tertiary/aromatic N) is 4. The Morgan fingerprint density at radius 3 is 2.53 bits per heavy atom. The second-order valence-corrected chi connectivity index (χ2v) is 8.26. The summed E-state index contributed by atoms with van der Waals surface area (Å²) < 4.78 is 1.69. The SMILES string of the molecule is N#CCC(c1ccccc1)n1c(=O)[nH]c2cnc3ccc(-c4cnc5ccccc5c4)cc3c21. The Bertz CT molecular complexity index is 1780. The normalized spacial score (nSPS) is 12.2. The maximum atomic E-state index is 13.1. The smallest absolute Gasteiger partial charge is 0.304 e. The summed E-state index contributed by atoms with van der Waals surface area (Å²) in [6.45, 7) is 0. The zero-order valence-corrected chi connectivity index (χ0v) is 18.1. The van der Waals surface area contributed by atoms with Crippen LogP contribution in [0.5, 0.6) is 0 Å². The van der Waals surface area contributed by atoms with Crippen LogP contribution < -0.4 is 5.69 Å². The van der Waals surface area contributed by atoms with Gasteiger partial charge in [0.1, 0.15) is 0 Å². The number of nitrogens with one attached hydrogen (secondary N) is 1. The quantitative estimate of drug-likeness (QED) is 0.386. The first kappa shape index (κ1) is 19.9. The van der Waals surface area contributed by atoms with Gasteiger partial charge in [-0.1, -0.05) is 54.6 Å². The van der Waals surface area contributed by atoms with Crippen LogP contribution in [0, 0.1) is 11.3 Å². The highest BCUT2D eigenvalue weighted by atomic mass is 16.1. The third-order valence-corrected chi connectivity index (χ3v) is 6.25. The molecule has 6 nitrogen and oxygen atoms in total. The van der Waals surface area contributed by atoms with E-state index in [0.29, 0.717) is 5.52 Å². The van der Waals surface area contributed by atoms with Gasteiger partial charge in [-0.05, 0) is 35.4 Å². The molecule has 1 atom stereocenters. The summed E-state index contributed by atoms with van der Waals surface area (Å²) >= 11 is 0. The minimum Gasteiger partial charge on any atom is -0.304 e. The lowest BCUT2D eigenvalue weighted by Gasteiger charge is -2.17. The first-order chi connectivity index (χ1) is 16.7. The molecule has 34 heavy (non-hydrogen) atoms. The largest absolute Gasteiger partial charge is 0.327 e. The molecule has 0 radical (unpaired) electrons. The topological polar surface area (TPSA) is 87.4 Å². The number of rotatable bonds is 4. The van der Waals surface area contributed by atoms with E-state index < -0.39 is 6.04 Å². The number of fused-ring (bicyclic) bond motifs is 4. The summed E-state index contributed by atoms with van der Waals surface area (Å²) in [7, 11) is 0. The van der Waals surface area contributed by atoms with E-state index >= 15 is 0 Å². The van der Waals surface area contributed by atoms with Gasteiger partial charge >= 0.3 is 5.69 Å². The molecule has 0 fully saturated rings. The number of hydrogen-bond acceptors (Lipinski definition) is 4. The van der Waals surface area contributed by atoms with Crippen molar-refractivity contribution >= 4 is 32.8 Å². The third kappa shape index (κ3) is 3.23. The van der Waals surface area contributed by atoms with Crippen LogP contribution in [0.4, 0.5) is 0 Å². The van der Waals surface area contributed by atoms with Gasteiger partial charge in [0.15, 0.2) is 0 Å². The van der Waals surface area contributed by atoms with Crippen LogP contribution in [0.15, 0.2) is 96.1 Å². The molecule has 0 amide bonds. The minimum absolute atomic E-state index is 0.176. The van der Waals surface area contributed by atoms with Crippen molar-refractivity contribution < 1.29 is 0 Å². The van der Waals surface area contributed by atoms with Gasteiger partial charge in [-0.25, -0.2) is 4.79 Å². The fourth-order valence-electron chi connectivity index (χ4n) is 4.63. The Balaban J connectivity index is 1.61. The van der Waals surface area contributed by atoms with Crippen molar-refractivity contribution in [3.63, 3.8) is 0 Å². The Hall–Kier alpha value is -4.76. The zero-order valence-electron chi connectivity index (χ0n) is 18.1. The molecule has 0 aliphatic carbocycles. The summed E-state index contributed by atoms with van der Waals surface area (Å²) in [5.74, 6) is 0. The monoisotopic (exact) mass is 441 g/mol. The highest BCUT2D eigenvalue weighted by Gasteiger charge is 2.21. The lowest BCUT2D eigenvalue weighted by atomic mass is 10.0. The van der Waals surface area contributed by atoms with Gasteiger partial charge in [0.2, 0.25) is 0 Å². The Labute approximate surface area is 194 Å². The average molecular weight is 441 g/mol. The Kier molecular flexibility index (Phi) is 4.67. The van der Waals surface area contributed by atoms with E-state index in [1.807, 2.05) is 72.9 Å². The molecule has 6 aromatic rings. The van der Waals surface area contributed by atoms with E-state index in [4.69, 9.17) is 0 Å². The number of pyridine rings is 2. The van der Waals surface area contributed by atoms with Crippen LogP contribution >= 0.6 is 0 Å². The molecule has 0 saturated carbocycles. The molecular weight excluding hydrogens is 422 g/mol. The third-order valence-electron chi connectivity index (χ3n) is 6.25. The molecule has 0 saturated heterocycles. The minimum atomic E-state index is -0.413. The van der Waals surface area contributed by atoms with Gasteiger partial charge in [0.25, 0.3) is 0 Å². The van der Waals surface area contributed by atoms with E-state index in [-0.39, 0.29) is 12.1 Å². The molecule has 6 heteroatoms. The standard InChI is InChI=1S/C28H19N5O/c29-13-12-26(18-6-2-1-3-7-18)33-27-22-15-19(10-11-24(22)31-17-25(27)32-28(33)34)21-14-20-8-4-5-9-23(20)30-16-21/h1-11,14-17,26H,12H2,(H,32,34). The summed E-state index contributed by atoms with van der Waals surface area (Å²) in [4.78, 5) is 25.2. The number of benzene rings is 3. The second-order valence-electron chi connectivity index (χ2n) is 8.26. The number of para-hydroxylation sites is 1. The van der Waals surface area contributed by atoms with Crippen molar-refractivity contribution in [1.29, 1.82) is 5.26 Å². The fraction of sp³-hybridized carbons (Fsp3) is 0.0714. The van der Waals surface area contributed by atoms with Crippen molar-refractivity contribution in [2.24, 2.45) is 0 Å². The first-order valence-corrected chi connectivity index (χ1v) is 11.0. The van der Waals surface area contributed by atoms with E-state index in [1.165, 1.54) is 0 Å². The van der Waals surface area contributed by atoms with E-state index in [0.717, 1.165) is 44.0 Å². The van der Waals surface area contributed by atoms with Gasteiger partial charge in [0.05, 0.1) is 46.8 Å². The molecule has 1 unspecified atom stereocenters. The molecular formula is C28H19N5O. The molecule has 0 aliphatic rings. The highest BCUT2D eigenvalue weighted by molar-refractivity contribution is 6.04. The Morgan fingerprint density at radius 1 is 0.882 bits per heavy atom. The van der Waals surface area contributed by atoms with Gasteiger partial charge in [-0.2, -0.15) is 5.26 Å². The van der Waals surface area contributed by atoms with Gasteiger partial charge in [-0.15, -0.1) is 0 Å². The number of aromatic nitrogens is 4. The van der Waals surface area contributed by atoms with Crippen molar-refractivity contribution in [3.05, 3.63) is 107 Å². The van der Waals surface area contributed by atoms with Gasteiger partial charge in [0, 0.05) is 22.5 Å². The molecule has 6 rings (SSSR count). The summed E-state index contributed by atoms with van der Waals surface area (Å²) in [5, 5.41) is 11.5. The first-order valence-electron chi connectivity index (χ1n) is 11.0. The number of nitriles is 1. The molecule has 3 heterocycles. The van der Waals surface area contributed by atoms with Crippen molar-refractivity contribution in [2.45, 2.75) is 12.5 Å². The van der Waals surface area contributed by atoms with Crippen molar-refractivity contribution in [1.82, 2.24) is 19.5 Å². The van der Waals surface area contributed by atoms with Crippen LogP contribution in [0.2, 0.25) is 0 Å². The van der Waals surface area contributed by atoms with Crippen LogP contribution in [0.25, 0.3) is 44.0 Å². The zero-order chi connectivity index (χ0) is 23.1. The van der Waals surface area contributed by atoms with Crippen molar-refractivity contribution in [3.8, 4) is 17.2 Å². The predicted octanol–water partition coefficient (Wildman–Crippen LogP) is 5.60. The number of hydrogen-bond donors (Lipinski definition) is 1. The summed E-state index contributed by atoms with van der Waals surface area (Å²) in [6, 6.07) is 27.7. The lowest BCUT2D eigenvalue weighted by Crippen LogP contribution is -2.23. The van der Waals surface area contributed by atoms with Crippen LogP contribution in [-0.2, 0) is 0 Å². The fourth-order valence-corrected chi connectivity index (χ4v) is 4.63. The lowest BCUT2D eigenvalue weighted by molar-refractivity contribution is 0.596. The molecule has 0 spiro atoms. The maximum Gasteiger partial charge on any atom is 0.327 e. The number of aromatic amines is 1. The predicted molar refractivity (Wildman–Crippen MR) is 133 cm³/mol. The average Bonchev–Trinajstić information content (AvgIpc) is 3.23. The molecule has 3 aromatic carbocycles. The number of H-pyrrole nitrogens is 1. The summed E-state index contributed by atoms with van der Waals surface area (Å²) in [5.41, 5.74) is 5.73.